The van der Waals surface area contributed by atoms with Gasteiger partial charge in [0.05, 0.1) is 0 Å². The van der Waals surface area contributed by atoms with Crippen molar-refractivity contribution < 1.29 is 13.2 Å². The molecule has 1 aromatic carbocycles. The maximum atomic E-state index is 13.2. The first kappa shape index (κ1) is 14.3. The zero-order valence-corrected chi connectivity index (χ0v) is 11.0. The topological polar surface area (TPSA) is 29.3 Å². The first-order chi connectivity index (χ1) is 9.02. The van der Waals surface area contributed by atoms with Crippen LogP contribution in [0.5, 0.6) is 0 Å². The molecule has 0 aromatic heterocycles. The van der Waals surface area contributed by atoms with E-state index in [0.717, 1.165) is 31.4 Å². The van der Waals surface area contributed by atoms with Gasteiger partial charge >= 0.3 is 0 Å². The average molecular weight is 272 g/mol. The van der Waals surface area contributed by atoms with E-state index in [9.17, 15) is 13.2 Å². The Kier molecular flexibility index (Phi) is 4.47. The second-order valence-electron chi connectivity index (χ2n) is 5.22. The molecule has 1 aliphatic rings. The molecule has 0 amide bonds. The van der Waals surface area contributed by atoms with E-state index in [1.165, 1.54) is 0 Å². The van der Waals surface area contributed by atoms with Gasteiger partial charge in [0.25, 0.3) is 0 Å². The molecule has 19 heavy (non-hydrogen) atoms. The van der Waals surface area contributed by atoms with Crippen molar-refractivity contribution >= 4 is 0 Å². The van der Waals surface area contributed by atoms with Crippen molar-refractivity contribution in [3.63, 3.8) is 0 Å². The molecule has 0 bridgehead atoms. The number of hydrogen-bond donors (Lipinski definition) is 1. The predicted molar refractivity (Wildman–Crippen MR) is 68.0 cm³/mol. The molecule has 0 radical (unpaired) electrons. The van der Waals surface area contributed by atoms with Crippen molar-refractivity contribution in [1.82, 2.24) is 4.90 Å². The van der Waals surface area contributed by atoms with E-state index in [1.54, 1.807) is 0 Å². The molecule has 1 aromatic rings. The molecular weight excluding hydrogens is 253 g/mol. The molecule has 1 heterocycles. The zero-order chi connectivity index (χ0) is 14.0. The van der Waals surface area contributed by atoms with Crippen molar-refractivity contribution in [2.75, 3.05) is 6.54 Å². The monoisotopic (exact) mass is 272 g/mol. The minimum absolute atomic E-state index is 0.222. The van der Waals surface area contributed by atoms with Crippen molar-refractivity contribution in [3.05, 3.63) is 35.1 Å². The Morgan fingerprint density at radius 2 is 1.84 bits per heavy atom. The van der Waals surface area contributed by atoms with Crippen LogP contribution in [0, 0.1) is 17.5 Å². The van der Waals surface area contributed by atoms with E-state index in [0.29, 0.717) is 24.7 Å². The maximum absolute atomic E-state index is 13.2. The maximum Gasteiger partial charge on any atom is 0.194 e. The van der Waals surface area contributed by atoms with Crippen LogP contribution in [-0.2, 0) is 6.54 Å². The van der Waals surface area contributed by atoms with Crippen LogP contribution in [0.1, 0.15) is 31.7 Å². The molecule has 1 fully saturated rings. The first-order valence-electron chi connectivity index (χ1n) is 6.62. The molecule has 2 atom stereocenters. The lowest BCUT2D eigenvalue weighted by molar-refractivity contribution is 0.0889. The smallest absolute Gasteiger partial charge is 0.194 e. The van der Waals surface area contributed by atoms with Gasteiger partial charge in [-0.2, -0.15) is 0 Å². The summed E-state index contributed by atoms with van der Waals surface area (Å²) in [4.78, 5) is 2.15. The highest BCUT2D eigenvalue weighted by molar-refractivity contribution is 5.19. The zero-order valence-electron chi connectivity index (χ0n) is 11.0. The quantitative estimate of drug-likeness (QED) is 0.857. The van der Waals surface area contributed by atoms with E-state index in [2.05, 4.69) is 11.8 Å². The normalized spacial score (nSPS) is 24.7. The van der Waals surface area contributed by atoms with Crippen molar-refractivity contribution in [1.29, 1.82) is 0 Å². The standard InChI is InChI=1S/C14H19F3N2/c1-9-3-2-4-11(7-18)19(9)8-10-5-12(15)14(17)13(16)6-10/h5-6,9,11H,2-4,7-8,18H2,1H3. The highest BCUT2D eigenvalue weighted by Crippen LogP contribution is 2.25. The minimum atomic E-state index is -1.41. The molecule has 2 nitrogen and oxygen atoms in total. The number of likely N-dealkylation sites (tertiary alicyclic amines) is 1. The van der Waals surface area contributed by atoms with Crippen LogP contribution in [0.4, 0.5) is 13.2 Å². The fourth-order valence-corrected chi connectivity index (χ4v) is 2.79. The van der Waals surface area contributed by atoms with Crippen LogP contribution in [0.3, 0.4) is 0 Å². The molecule has 1 aliphatic heterocycles. The lowest BCUT2D eigenvalue weighted by atomic mass is 9.95. The fourth-order valence-electron chi connectivity index (χ4n) is 2.79. The van der Waals surface area contributed by atoms with Crippen molar-refractivity contribution in [3.8, 4) is 0 Å². The number of nitrogens with zero attached hydrogens (tertiary/aromatic N) is 1. The molecule has 106 valence electrons. The summed E-state index contributed by atoms with van der Waals surface area (Å²) in [7, 11) is 0. The average Bonchev–Trinajstić information content (AvgIpc) is 2.38. The highest BCUT2D eigenvalue weighted by Gasteiger charge is 2.27. The van der Waals surface area contributed by atoms with Crippen molar-refractivity contribution in [2.24, 2.45) is 5.73 Å². The number of piperidine rings is 1. The molecular formula is C14H19F3N2. The van der Waals surface area contributed by atoms with E-state index in [1.807, 2.05) is 0 Å². The third-order valence-electron chi connectivity index (χ3n) is 3.88. The highest BCUT2D eigenvalue weighted by atomic mass is 19.2. The van der Waals surface area contributed by atoms with Gasteiger partial charge in [-0.25, -0.2) is 13.2 Å². The lowest BCUT2D eigenvalue weighted by Gasteiger charge is -2.40. The van der Waals surface area contributed by atoms with Gasteiger partial charge in [0.1, 0.15) is 0 Å². The molecule has 1 saturated heterocycles. The van der Waals surface area contributed by atoms with Gasteiger partial charge in [0.2, 0.25) is 0 Å². The Balaban J connectivity index is 2.19. The molecule has 0 spiro atoms. The molecule has 2 unspecified atom stereocenters. The van der Waals surface area contributed by atoms with Gasteiger partial charge < -0.3 is 5.73 Å². The van der Waals surface area contributed by atoms with Gasteiger partial charge in [-0.05, 0) is 37.5 Å². The predicted octanol–water partition coefficient (Wildman–Crippen LogP) is 2.81. The molecule has 2 N–H and O–H groups in total. The number of rotatable bonds is 3. The van der Waals surface area contributed by atoms with Gasteiger partial charge in [-0.1, -0.05) is 6.42 Å². The number of nitrogens with two attached hydrogens (primary N) is 1. The Morgan fingerprint density at radius 1 is 1.21 bits per heavy atom. The number of benzene rings is 1. The molecule has 5 heteroatoms. The molecule has 0 saturated carbocycles. The Morgan fingerprint density at radius 3 is 2.42 bits per heavy atom. The Labute approximate surface area is 111 Å². The van der Waals surface area contributed by atoms with Crippen LogP contribution >= 0.6 is 0 Å². The lowest BCUT2D eigenvalue weighted by Crippen LogP contribution is -2.48. The van der Waals surface area contributed by atoms with E-state index in [-0.39, 0.29) is 6.04 Å². The summed E-state index contributed by atoms with van der Waals surface area (Å²) in [6.07, 6.45) is 3.15. The van der Waals surface area contributed by atoms with E-state index < -0.39 is 17.5 Å². The summed E-state index contributed by atoms with van der Waals surface area (Å²) in [6, 6.07) is 2.67. The Bertz CT molecular complexity index is 427. The van der Waals surface area contributed by atoms with Gasteiger partial charge in [0.15, 0.2) is 17.5 Å². The molecule has 2 rings (SSSR count). The summed E-state index contributed by atoms with van der Waals surface area (Å²) in [5.41, 5.74) is 6.19. The van der Waals surface area contributed by atoms with E-state index in [4.69, 9.17) is 5.73 Å². The summed E-state index contributed by atoms with van der Waals surface area (Å²) < 4.78 is 39.3. The first-order valence-corrected chi connectivity index (χ1v) is 6.62. The summed E-state index contributed by atoms with van der Waals surface area (Å²) in [5, 5.41) is 0. The van der Waals surface area contributed by atoms with Gasteiger partial charge in [0, 0.05) is 25.2 Å². The summed E-state index contributed by atoms with van der Waals surface area (Å²) in [5.74, 6) is -3.68. The van der Waals surface area contributed by atoms with Gasteiger partial charge in [-0.15, -0.1) is 0 Å². The third-order valence-corrected chi connectivity index (χ3v) is 3.88. The van der Waals surface area contributed by atoms with Crippen LogP contribution in [0.2, 0.25) is 0 Å². The van der Waals surface area contributed by atoms with Crippen LogP contribution in [-0.4, -0.2) is 23.5 Å². The van der Waals surface area contributed by atoms with Gasteiger partial charge in [-0.3, -0.25) is 4.90 Å². The summed E-state index contributed by atoms with van der Waals surface area (Å²) >= 11 is 0. The largest absolute Gasteiger partial charge is 0.329 e. The number of halogens is 3. The second kappa shape index (κ2) is 5.92. The number of hydrogen-bond acceptors (Lipinski definition) is 2. The van der Waals surface area contributed by atoms with Crippen molar-refractivity contribution in [2.45, 2.75) is 44.8 Å². The van der Waals surface area contributed by atoms with Crippen LogP contribution < -0.4 is 5.73 Å². The summed E-state index contributed by atoms with van der Waals surface area (Å²) in [6.45, 7) is 3.01. The Hall–Kier alpha value is -1.07. The fraction of sp³-hybridized carbons (Fsp3) is 0.571. The van der Waals surface area contributed by atoms with Crippen LogP contribution in [0.15, 0.2) is 12.1 Å². The molecule has 0 aliphatic carbocycles. The van der Waals surface area contributed by atoms with Crippen LogP contribution in [0.25, 0.3) is 0 Å². The second-order valence-corrected chi connectivity index (χ2v) is 5.22. The third kappa shape index (κ3) is 3.09. The van der Waals surface area contributed by atoms with E-state index >= 15 is 0 Å². The minimum Gasteiger partial charge on any atom is -0.329 e. The SMILES string of the molecule is CC1CCCC(CN)N1Cc1cc(F)c(F)c(F)c1.